The lowest BCUT2D eigenvalue weighted by Gasteiger charge is -2.15. The molecule has 0 bridgehead atoms. The minimum absolute atomic E-state index is 0.0649. The lowest BCUT2D eigenvalue weighted by atomic mass is 9.92. The van der Waals surface area contributed by atoms with Crippen LogP contribution in [-0.4, -0.2) is 12.1 Å². The van der Waals surface area contributed by atoms with Crippen LogP contribution in [0.15, 0.2) is 96.1 Å². The summed E-state index contributed by atoms with van der Waals surface area (Å²) in [4.78, 5) is 12.7. The standard InChI is InChI=1S/C23H22N2O/c26-23(25-24-18-21-14-8-3-9-15-21)22(16-19-10-4-1-5-11-19)17-20-12-6-2-7-13-20/h1-15,18,22H,16-17H2,(H,25,26)/b24-18-. The van der Waals surface area contributed by atoms with Crippen LogP contribution in [0.3, 0.4) is 0 Å². The molecule has 0 atom stereocenters. The summed E-state index contributed by atoms with van der Waals surface area (Å²) in [5, 5.41) is 4.12. The second-order valence-corrected chi connectivity index (χ2v) is 6.22. The first kappa shape index (κ1) is 17.6. The maximum atomic E-state index is 12.7. The Morgan fingerprint density at radius 3 is 1.73 bits per heavy atom. The van der Waals surface area contributed by atoms with E-state index in [1.54, 1.807) is 6.21 Å². The molecular weight excluding hydrogens is 320 g/mol. The number of hydrogen-bond donors (Lipinski definition) is 1. The Kier molecular flexibility index (Phi) is 6.32. The Morgan fingerprint density at radius 2 is 1.23 bits per heavy atom. The minimum atomic E-state index is -0.173. The maximum Gasteiger partial charge on any atom is 0.243 e. The summed E-state index contributed by atoms with van der Waals surface area (Å²) in [5.74, 6) is -0.238. The maximum absolute atomic E-state index is 12.7. The number of carbonyl (C=O) groups excluding carboxylic acids is 1. The normalized spacial score (nSPS) is 11.0. The Morgan fingerprint density at radius 1 is 0.769 bits per heavy atom. The number of nitrogens with one attached hydrogen (secondary N) is 1. The van der Waals surface area contributed by atoms with E-state index in [2.05, 4.69) is 34.8 Å². The first-order valence-electron chi connectivity index (χ1n) is 8.77. The van der Waals surface area contributed by atoms with E-state index >= 15 is 0 Å². The van der Waals surface area contributed by atoms with Crippen LogP contribution in [0, 0.1) is 5.92 Å². The van der Waals surface area contributed by atoms with Crippen molar-refractivity contribution in [3.8, 4) is 0 Å². The molecule has 3 rings (SSSR count). The van der Waals surface area contributed by atoms with Crippen molar-refractivity contribution in [2.45, 2.75) is 12.8 Å². The molecule has 1 amide bonds. The molecule has 0 unspecified atom stereocenters. The van der Waals surface area contributed by atoms with E-state index in [1.807, 2.05) is 66.7 Å². The van der Waals surface area contributed by atoms with Crippen molar-refractivity contribution >= 4 is 12.1 Å². The zero-order chi connectivity index (χ0) is 18.0. The van der Waals surface area contributed by atoms with Crippen molar-refractivity contribution in [2.75, 3.05) is 0 Å². The lowest BCUT2D eigenvalue weighted by molar-refractivity contribution is -0.124. The van der Waals surface area contributed by atoms with E-state index in [4.69, 9.17) is 0 Å². The van der Waals surface area contributed by atoms with Crippen LogP contribution in [0.5, 0.6) is 0 Å². The van der Waals surface area contributed by atoms with Gasteiger partial charge in [0.05, 0.1) is 6.21 Å². The van der Waals surface area contributed by atoms with Crippen molar-refractivity contribution < 1.29 is 4.79 Å². The Labute approximate surface area is 154 Å². The fourth-order valence-electron chi connectivity index (χ4n) is 2.86. The lowest BCUT2D eigenvalue weighted by Crippen LogP contribution is -2.30. The number of nitrogens with zero attached hydrogens (tertiary/aromatic N) is 1. The molecule has 1 N–H and O–H groups in total. The fourth-order valence-corrected chi connectivity index (χ4v) is 2.86. The molecule has 0 aliphatic carbocycles. The largest absolute Gasteiger partial charge is 0.273 e. The summed E-state index contributed by atoms with van der Waals surface area (Å²) >= 11 is 0. The molecule has 0 radical (unpaired) electrons. The van der Waals surface area contributed by atoms with Crippen molar-refractivity contribution in [3.05, 3.63) is 108 Å². The molecule has 0 fully saturated rings. The SMILES string of the molecule is O=C(N/N=C\c1ccccc1)C(Cc1ccccc1)Cc1ccccc1. The molecule has 0 aliphatic heterocycles. The van der Waals surface area contributed by atoms with Crippen LogP contribution >= 0.6 is 0 Å². The fraction of sp³-hybridized carbons (Fsp3) is 0.130. The number of amides is 1. The van der Waals surface area contributed by atoms with Crippen molar-refractivity contribution in [1.29, 1.82) is 0 Å². The third-order valence-corrected chi connectivity index (χ3v) is 4.21. The van der Waals surface area contributed by atoms with Gasteiger partial charge < -0.3 is 0 Å². The monoisotopic (exact) mass is 342 g/mol. The van der Waals surface area contributed by atoms with Gasteiger partial charge in [-0.05, 0) is 29.5 Å². The van der Waals surface area contributed by atoms with E-state index in [9.17, 15) is 4.79 Å². The van der Waals surface area contributed by atoms with Gasteiger partial charge in [0.25, 0.3) is 0 Å². The zero-order valence-electron chi connectivity index (χ0n) is 14.6. The van der Waals surface area contributed by atoms with Crippen LogP contribution in [0.25, 0.3) is 0 Å². The van der Waals surface area contributed by atoms with Gasteiger partial charge in [0.1, 0.15) is 0 Å². The molecular formula is C23H22N2O. The van der Waals surface area contributed by atoms with Crippen LogP contribution in [0.4, 0.5) is 0 Å². The molecule has 0 aromatic heterocycles. The van der Waals surface area contributed by atoms with Crippen molar-refractivity contribution in [3.63, 3.8) is 0 Å². The summed E-state index contributed by atoms with van der Waals surface area (Å²) in [6.45, 7) is 0. The minimum Gasteiger partial charge on any atom is -0.273 e. The van der Waals surface area contributed by atoms with E-state index in [0.717, 1.165) is 16.7 Å². The molecule has 0 saturated carbocycles. The van der Waals surface area contributed by atoms with Crippen molar-refractivity contribution in [1.82, 2.24) is 5.43 Å². The highest BCUT2D eigenvalue weighted by atomic mass is 16.2. The van der Waals surface area contributed by atoms with Crippen LogP contribution < -0.4 is 5.43 Å². The summed E-state index contributed by atoms with van der Waals surface area (Å²) in [7, 11) is 0. The highest BCUT2D eigenvalue weighted by Gasteiger charge is 2.19. The number of carbonyl (C=O) groups is 1. The summed E-state index contributed by atoms with van der Waals surface area (Å²) in [5.41, 5.74) is 5.95. The average Bonchev–Trinajstić information content (AvgIpc) is 2.70. The third-order valence-electron chi connectivity index (χ3n) is 4.21. The molecule has 3 aromatic carbocycles. The quantitative estimate of drug-likeness (QED) is 0.506. The van der Waals surface area contributed by atoms with Gasteiger partial charge >= 0.3 is 0 Å². The Balaban J connectivity index is 1.69. The topological polar surface area (TPSA) is 41.5 Å². The second-order valence-electron chi connectivity index (χ2n) is 6.22. The van der Waals surface area contributed by atoms with Crippen molar-refractivity contribution in [2.24, 2.45) is 11.0 Å². The van der Waals surface area contributed by atoms with E-state index in [-0.39, 0.29) is 11.8 Å². The van der Waals surface area contributed by atoms with Gasteiger partial charge in [0.15, 0.2) is 0 Å². The molecule has 0 heterocycles. The Bertz CT molecular complexity index is 788. The predicted octanol–water partition coefficient (Wildman–Crippen LogP) is 4.24. The molecule has 0 spiro atoms. The summed E-state index contributed by atoms with van der Waals surface area (Å²) in [6, 6.07) is 29.9. The summed E-state index contributed by atoms with van der Waals surface area (Å²) < 4.78 is 0. The zero-order valence-corrected chi connectivity index (χ0v) is 14.6. The third kappa shape index (κ3) is 5.42. The first-order valence-corrected chi connectivity index (χ1v) is 8.77. The summed E-state index contributed by atoms with van der Waals surface area (Å²) in [6.07, 6.45) is 3.03. The molecule has 3 aromatic rings. The van der Waals surface area contributed by atoms with Crippen LogP contribution in [-0.2, 0) is 17.6 Å². The number of benzene rings is 3. The van der Waals surface area contributed by atoms with E-state index in [1.165, 1.54) is 0 Å². The van der Waals surface area contributed by atoms with Gasteiger partial charge in [-0.1, -0.05) is 91.0 Å². The number of rotatable bonds is 7. The predicted molar refractivity (Wildman–Crippen MR) is 106 cm³/mol. The first-order chi connectivity index (χ1) is 12.8. The van der Waals surface area contributed by atoms with Gasteiger partial charge in [-0.15, -0.1) is 0 Å². The van der Waals surface area contributed by atoms with Gasteiger partial charge in [0, 0.05) is 5.92 Å². The molecule has 130 valence electrons. The highest BCUT2D eigenvalue weighted by molar-refractivity contribution is 5.83. The van der Waals surface area contributed by atoms with Gasteiger partial charge in [-0.25, -0.2) is 5.43 Å². The second kappa shape index (κ2) is 9.33. The highest BCUT2D eigenvalue weighted by Crippen LogP contribution is 2.15. The van der Waals surface area contributed by atoms with Crippen LogP contribution in [0.2, 0.25) is 0 Å². The number of hydrogen-bond acceptors (Lipinski definition) is 2. The molecule has 0 aliphatic rings. The molecule has 3 nitrogen and oxygen atoms in total. The molecule has 3 heteroatoms. The molecule has 0 saturated heterocycles. The van der Waals surface area contributed by atoms with E-state index < -0.39 is 0 Å². The number of hydrazone groups is 1. The van der Waals surface area contributed by atoms with Gasteiger partial charge in [-0.2, -0.15) is 5.10 Å². The smallest absolute Gasteiger partial charge is 0.243 e. The average molecular weight is 342 g/mol. The van der Waals surface area contributed by atoms with E-state index in [0.29, 0.717) is 12.8 Å². The van der Waals surface area contributed by atoms with Gasteiger partial charge in [0.2, 0.25) is 5.91 Å². The molecule has 26 heavy (non-hydrogen) atoms. The Hall–Kier alpha value is -3.20. The van der Waals surface area contributed by atoms with Gasteiger partial charge in [-0.3, -0.25) is 4.79 Å². The van der Waals surface area contributed by atoms with Crippen LogP contribution in [0.1, 0.15) is 16.7 Å².